The molecule has 2 aliphatic heterocycles. The van der Waals surface area contributed by atoms with Crippen molar-refractivity contribution in [3.05, 3.63) is 94.5 Å². The van der Waals surface area contributed by atoms with Gasteiger partial charge in [-0.25, -0.2) is 13.6 Å². The first-order valence-corrected chi connectivity index (χ1v) is 11.6. The highest BCUT2D eigenvalue weighted by Gasteiger charge is 2.59. The number of fused-ring (bicyclic) bond motifs is 2. The Morgan fingerprint density at radius 3 is 2.45 bits per heavy atom. The predicted molar refractivity (Wildman–Crippen MR) is 125 cm³/mol. The molecule has 2 aliphatic rings. The van der Waals surface area contributed by atoms with E-state index in [-0.39, 0.29) is 18.3 Å². The molecule has 1 fully saturated rings. The van der Waals surface area contributed by atoms with Crippen LogP contribution in [0.15, 0.2) is 66.7 Å². The second-order valence-electron chi connectivity index (χ2n) is 7.76. The quantitative estimate of drug-likeness (QED) is 0.525. The smallest absolute Gasteiger partial charge is 0.308 e. The van der Waals surface area contributed by atoms with Crippen LogP contribution in [0.5, 0.6) is 0 Å². The maximum atomic E-state index is 14.3. The molecule has 0 radical (unpaired) electrons. The Morgan fingerprint density at radius 2 is 1.73 bits per heavy atom. The number of anilines is 2. The highest BCUT2D eigenvalue weighted by Crippen LogP contribution is 2.54. The zero-order valence-electron chi connectivity index (χ0n) is 17.2. The Kier molecular flexibility index (Phi) is 5.50. The highest BCUT2D eigenvalue weighted by atomic mass is 35.5. The van der Waals surface area contributed by atoms with Crippen molar-refractivity contribution in [2.75, 3.05) is 22.5 Å². The van der Waals surface area contributed by atoms with Gasteiger partial charge in [0.25, 0.3) is 5.91 Å². The first kappa shape index (κ1) is 21.7. The van der Waals surface area contributed by atoms with Crippen molar-refractivity contribution < 1.29 is 18.4 Å². The number of hydrogen-bond donors (Lipinski definition) is 1. The van der Waals surface area contributed by atoms with Crippen LogP contribution >= 0.6 is 23.4 Å². The van der Waals surface area contributed by atoms with Crippen LogP contribution in [0.4, 0.5) is 25.0 Å². The van der Waals surface area contributed by atoms with Crippen molar-refractivity contribution >= 4 is 46.7 Å². The topological polar surface area (TPSA) is 52.7 Å². The minimum absolute atomic E-state index is 0.173. The van der Waals surface area contributed by atoms with Crippen molar-refractivity contribution in [1.29, 1.82) is 0 Å². The lowest BCUT2D eigenvalue weighted by atomic mass is 10.1. The molecule has 1 saturated heterocycles. The minimum atomic E-state index is -1.38. The van der Waals surface area contributed by atoms with Gasteiger partial charge in [0.15, 0.2) is 4.87 Å². The van der Waals surface area contributed by atoms with Crippen LogP contribution in [0.2, 0.25) is 5.02 Å². The van der Waals surface area contributed by atoms with Gasteiger partial charge in [-0.15, -0.1) is 11.8 Å². The summed E-state index contributed by atoms with van der Waals surface area (Å²) in [7, 11) is 0. The molecule has 0 aromatic heterocycles. The normalized spacial score (nSPS) is 19.3. The molecule has 1 atom stereocenters. The third-order valence-electron chi connectivity index (χ3n) is 5.75. The number of benzene rings is 3. The van der Waals surface area contributed by atoms with Crippen LogP contribution in [0.1, 0.15) is 11.1 Å². The number of urea groups is 1. The number of carbonyl (C=O) groups excluding carboxylic acids is 2. The number of nitrogens with one attached hydrogen (secondary N) is 1. The van der Waals surface area contributed by atoms with E-state index in [4.69, 9.17) is 11.6 Å². The van der Waals surface area contributed by atoms with Gasteiger partial charge in [-0.2, -0.15) is 0 Å². The summed E-state index contributed by atoms with van der Waals surface area (Å²) in [5.74, 6) is -0.682. The molecule has 1 spiro atoms. The standard InChI is InChI=1S/C24H18ClF2N3O2S/c25-16-3-8-19(9-4-16)28-23(32)30-11-12-33-24(30)20-13-18(27)7-10-21(20)29(22(24)31)14-15-1-5-17(26)6-2-15/h1-10,13H,11-12,14H2,(H,28,32)/t24-/m1/s1. The highest BCUT2D eigenvalue weighted by molar-refractivity contribution is 8.01. The summed E-state index contributed by atoms with van der Waals surface area (Å²) in [4.78, 5) is 28.7. The number of rotatable bonds is 3. The summed E-state index contributed by atoms with van der Waals surface area (Å²) in [5.41, 5.74) is 2.22. The summed E-state index contributed by atoms with van der Waals surface area (Å²) >= 11 is 7.23. The number of halogens is 3. The van der Waals surface area contributed by atoms with Crippen molar-refractivity contribution in [2.24, 2.45) is 0 Å². The first-order chi connectivity index (χ1) is 15.9. The predicted octanol–water partition coefficient (Wildman–Crippen LogP) is 5.60. The zero-order valence-corrected chi connectivity index (χ0v) is 18.8. The fraction of sp³-hybridized carbons (Fsp3) is 0.167. The maximum Gasteiger partial charge on any atom is 0.323 e. The summed E-state index contributed by atoms with van der Waals surface area (Å²) in [6.45, 7) is 0.489. The third kappa shape index (κ3) is 3.73. The lowest BCUT2D eigenvalue weighted by Crippen LogP contribution is -2.51. The van der Waals surface area contributed by atoms with E-state index in [1.165, 1.54) is 45.8 Å². The molecule has 5 rings (SSSR count). The maximum absolute atomic E-state index is 14.3. The monoisotopic (exact) mass is 485 g/mol. The molecule has 9 heteroatoms. The van der Waals surface area contributed by atoms with Crippen LogP contribution in [0.25, 0.3) is 0 Å². The lowest BCUT2D eigenvalue weighted by Gasteiger charge is -2.33. The molecule has 2 heterocycles. The fourth-order valence-electron chi connectivity index (χ4n) is 4.24. The molecule has 3 aromatic rings. The Labute approximate surface area is 198 Å². The van der Waals surface area contributed by atoms with Gasteiger partial charge in [0.1, 0.15) is 11.6 Å². The van der Waals surface area contributed by atoms with E-state index >= 15 is 0 Å². The molecule has 0 aliphatic carbocycles. The molecule has 0 saturated carbocycles. The van der Waals surface area contributed by atoms with E-state index in [1.807, 2.05) is 0 Å². The summed E-state index contributed by atoms with van der Waals surface area (Å²) < 4.78 is 27.7. The van der Waals surface area contributed by atoms with Gasteiger partial charge in [-0.3, -0.25) is 9.69 Å². The average Bonchev–Trinajstić information content (AvgIpc) is 3.34. The molecular formula is C24H18ClF2N3O2S. The summed E-state index contributed by atoms with van der Waals surface area (Å²) in [6.07, 6.45) is 0. The molecule has 3 aromatic carbocycles. The van der Waals surface area contributed by atoms with Crippen molar-refractivity contribution in [1.82, 2.24) is 4.90 Å². The molecule has 5 nitrogen and oxygen atoms in total. The van der Waals surface area contributed by atoms with Gasteiger partial charge >= 0.3 is 6.03 Å². The van der Waals surface area contributed by atoms with E-state index in [0.29, 0.717) is 34.3 Å². The van der Waals surface area contributed by atoms with Gasteiger partial charge in [0.05, 0.1) is 12.2 Å². The van der Waals surface area contributed by atoms with Crippen LogP contribution in [-0.4, -0.2) is 29.1 Å². The van der Waals surface area contributed by atoms with Crippen molar-refractivity contribution in [3.63, 3.8) is 0 Å². The number of nitrogens with zero attached hydrogens (tertiary/aromatic N) is 2. The molecule has 3 amide bonds. The number of carbonyl (C=O) groups is 2. The third-order valence-corrected chi connectivity index (χ3v) is 7.42. The van der Waals surface area contributed by atoms with Crippen LogP contribution in [0, 0.1) is 11.6 Å². The molecule has 0 unspecified atom stereocenters. The van der Waals surface area contributed by atoms with Gasteiger partial charge in [0.2, 0.25) is 0 Å². The van der Waals surface area contributed by atoms with E-state index in [0.717, 1.165) is 5.56 Å². The summed E-state index contributed by atoms with van der Waals surface area (Å²) in [5, 5.41) is 3.34. The fourth-order valence-corrected chi connectivity index (χ4v) is 5.82. The van der Waals surface area contributed by atoms with Gasteiger partial charge in [-0.05, 0) is 60.2 Å². The Hall–Kier alpha value is -3.10. The van der Waals surface area contributed by atoms with Crippen LogP contribution < -0.4 is 10.2 Å². The molecule has 33 heavy (non-hydrogen) atoms. The number of amides is 3. The van der Waals surface area contributed by atoms with E-state index in [1.54, 1.807) is 42.5 Å². The van der Waals surface area contributed by atoms with Crippen LogP contribution in [0.3, 0.4) is 0 Å². The van der Waals surface area contributed by atoms with Crippen LogP contribution in [-0.2, 0) is 16.2 Å². The molecular weight excluding hydrogens is 468 g/mol. The second kappa shape index (κ2) is 8.35. The lowest BCUT2D eigenvalue weighted by molar-refractivity contribution is -0.123. The van der Waals surface area contributed by atoms with E-state index in [2.05, 4.69) is 5.32 Å². The molecule has 168 valence electrons. The Bertz CT molecular complexity index is 1240. The minimum Gasteiger partial charge on any atom is -0.308 e. The van der Waals surface area contributed by atoms with Crippen molar-refractivity contribution in [2.45, 2.75) is 11.4 Å². The van der Waals surface area contributed by atoms with Gasteiger partial charge in [0, 0.05) is 28.6 Å². The first-order valence-electron chi connectivity index (χ1n) is 10.2. The molecule has 1 N–H and O–H groups in total. The second-order valence-corrected chi connectivity index (χ2v) is 9.48. The van der Waals surface area contributed by atoms with E-state index in [9.17, 15) is 18.4 Å². The number of thioether (sulfide) groups is 1. The zero-order chi connectivity index (χ0) is 23.2. The SMILES string of the molecule is O=C(Nc1ccc(Cl)cc1)N1CCS[C@]12C(=O)N(Cc1ccc(F)cc1)c1ccc(F)cc12. The number of hydrogen-bond acceptors (Lipinski definition) is 3. The molecule has 0 bridgehead atoms. The Balaban J connectivity index is 1.52. The largest absolute Gasteiger partial charge is 0.323 e. The summed E-state index contributed by atoms with van der Waals surface area (Å²) in [6, 6.07) is 16.2. The Morgan fingerprint density at radius 1 is 1.03 bits per heavy atom. The average molecular weight is 486 g/mol. The van der Waals surface area contributed by atoms with Gasteiger partial charge < -0.3 is 10.2 Å². The van der Waals surface area contributed by atoms with Gasteiger partial charge in [-0.1, -0.05) is 23.7 Å². The van der Waals surface area contributed by atoms with Crippen molar-refractivity contribution in [3.8, 4) is 0 Å². The van der Waals surface area contributed by atoms with E-state index < -0.39 is 16.7 Å².